The smallest absolute Gasteiger partial charge is 0.336 e. The molecule has 0 saturated heterocycles. The summed E-state index contributed by atoms with van der Waals surface area (Å²) >= 11 is 0. The summed E-state index contributed by atoms with van der Waals surface area (Å²) < 4.78 is 21.2. The van der Waals surface area contributed by atoms with Crippen LogP contribution in [0.25, 0.3) is 6.08 Å². The lowest BCUT2D eigenvalue weighted by atomic mass is 10.1. The SMILES string of the molecule is COc1cc(C=NNC(=O)c2cccc(NC(=O)c3ccc4c(c3)OCO4)c2)ccc1OC(=O)/C=C/c1cccc([N+](=O)[O-])c1. The third kappa shape index (κ3) is 7.67. The molecule has 2 N–H and O–H groups in total. The Hall–Kier alpha value is -6.50. The van der Waals surface area contributed by atoms with E-state index in [4.69, 9.17) is 18.9 Å². The van der Waals surface area contributed by atoms with Crippen molar-refractivity contribution < 1.29 is 38.3 Å². The molecule has 226 valence electrons. The Morgan fingerprint density at radius 1 is 0.867 bits per heavy atom. The summed E-state index contributed by atoms with van der Waals surface area (Å²) in [6.07, 6.45) is 3.91. The number of nitro benzene ring substituents is 1. The van der Waals surface area contributed by atoms with E-state index >= 15 is 0 Å². The topological polar surface area (TPSA) is 168 Å². The zero-order valence-electron chi connectivity index (χ0n) is 23.6. The van der Waals surface area contributed by atoms with E-state index in [1.54, 1.807) is 54.6 Å². The molecule has 1 heterocycles. The van der Waals surface area contributed by atoms with Gasteiger partial charge in [-0.1, -0.05) is 18.2 Å². The van der Waals surface area contributed by atoms with Crippen molar-refractivity contribution in [2.45, 2.75) is 0 Å². The highest BCUT2D eigenvalue weighted by Gasteiger charge is 2.17. The molecule has 0 atom stereocenters. The standard InChI is InChI=1S/C32H24N4O9/c1-42-28-15-21(8-11-27(28)45-30(37)13-9-20-4-2-7-25(14-20)36(40)41)18-33-35-32(39)22-5-3-6-24(16-22)34-31(38)23-10-12-26-29(17-23)44-19-43-26/h2-18H,19H2,1H3,(H,34,38)(H,35,39)/b13-9+,33-18?. The van der Waals surface area contributed by atoms with Crippen molar-refractivity contribution in [1.29, 1.82) is 0 Å². The number of amides is 2. The summed E-state index contributed by atoms with van der Waals surface area (Å²) in [4.78, 5) is 48.1. The Morgan fingerprint density at radius 2 is 1.67 bits per heavy atom. The van der Waals surface area contributed by atoms with Crippen molar-refractivity contribution in [2.75, 3.05) is 19.2 Å². The van der Waals surface area contributed by atoms with Crippen LogP contribution in [0.1, 0.15) is 31.8 Å². The van der Waals surface area contributed by atoms with E-state index in [0.717, 1.165) is 6.08 Å². The van der Waals surface area contributed by atoms with Gasteiger partial charge in [0.25, 0.3) is 17.5 Å². The van der Waals surface area contributed by atoms with Gasteiger partial charge in [-0.15, -0.1) is 0 Å². The number of nitro groups is 1. The maximum atomic E-state index is 12.7. The molecule has 0 radical (unpaired) electrons. The minimum Gasteiger partial charge on any atom is -0.493 e. The number of methoxy groups -OCH3 is 1. The summed E-state index contributed by atoms with van der Waals surface area (Å²) in [5.74, 6) is -0.213. The number of carbonyl (C=O) groups is 3. The first-order chi connectivity index (χ1) is 21.8. The summed E-state index contributed by atoms with van der Waals surface area (Å²) in [6.45, 7) is 0.0975. The predicted octanol–water partition coefficient (Wildman–Crippen LogP) is 4.97. The number of anilines is 1. The number of nitrogens with zero attached hydrogens (tertiary/aromatic N) is 2. The molecule has 0 fully saturated rings. The van der Waals surface area contributed by atoms with E-state index in [0.29, 0.717) is 33.9 Å². The Kier molecular flexibility index (Phi) is 9.09. The van der Waals surface area contributed by atoms with Crippen LogP contribution in [-0.4, -0.2) is 42.8 Å². The molecule has 1 aliphatic heterocycles. The van der Waals surface area contributed by atoms with Gasteiger partial charge in [0.1, 0.15) is 0 Å². The van der Waals surface area contributed by atoms with Gasteiger partial charge in [0.05, 0.1) is 18.2 Å². The lowest BCUT2D eigenvalue weighted by molar-refractivity contribution is -0.384. The quantitative estimate of drug-likeness (QED) is 0.0631. The number of nitrogens with one attached hydrogen (secondary N) is 2. The van der Waals surface area contributed by atoms with Gasteiger partial charge in [-0.25, -0.2) is 10.2 Å². The monoisotopic (exact) mass is 608 g/mol. The van der Waals surface area contributed by atoms with Gasteiger partial charge in [0.2, 0.25) is 6.79 Å². The van der Waals surface area contributed by atoms with Gasteiger partial charge in [0, 0.05) is 35.0 Å². The van der Waals surface area contributed by atoms with E-state index in [-0.39, 0.29) is 35.4 Å². The highest BCUT2D eigenvalue weighted by atomic mass is 16.7. The lowest BCUT2D eigenvalue weighted by Gasteiger charge is -2.09. The van der Waals surface area contributed by atoms with Crippen molar-refractivity contribution in [3.63, 3.8) is 0 Å². The summed E-state index contributed by atoms with van der Waals surface area (Å²) in [5, 5.41) is 17.7. The van der Waals surface area contributed by atoms with E-state index in [9.17, 15) is 24.5 Å². The van der Waals surface area contributed by atoms with Crippen LogP contribution in [-0.2, 0) is 4.79 Å². The van der Waals surface area contributed by atoms with E-state index in [1.807, 2.05) is 0 Å². The summed E-state index contributed by atoms with van der Waals surface area (Å²) in [6, 6.07) is 21.6. The van der Waals surface area contributed by atoms with Crippen LogP contribution in [0.2, 0.25) is 0 Å². The molecular weight excluding hydrogens is 584 g/mol. The van der Waals surface area contributed by atoms with E-state index in [2.05, 4.69) is 15.8 Å². The van der Waals surface area contributed by atoms with Crippen molar-refractivity contribution >= 4 is 41.4 Å². The highest BCUT2D eigenvalue weighted by Crippen LogP contribution is 2.33. The fourth-order valence-corrected chi connectivity index (χ4v) is 4.11. The molecule has 5 rings (SSSR count). The Labute approximate surface area is 255 Å². The van der Waals surface area contributed by atoms with Crippen molar-refractivity contribution in [3.05, 3.63) is 123 Å². The Balaban J connectivity index is 1.17. The average Bonchev–Trinajstić information content (AvgIpc) is 3.53. The summed E-state index contributed by atoms with van der Waals surface area (Å²) in [5.41, 5.74) is 4.35. The van der Waals surface area contributed by atoms with Crippen LogP contribution >= 0.6 is 0 Å². The highest BCUT2D eigenvalue weighted by molar-refractivity contribution is 6.05. The van der Waals surface area contributed by atoms with Gasteiger partial charge < -0.3 is 24.3 Å². The fourth-order valence-electron chi connectivity index (χ4n) is 4.11. The molecule has 0 saturated carbocycles. The average molecular weight is 609 g/mol. The van der Waals surface area contributed by atoms with Crippen LogP contribution < -0.4 is 29.7 Å². The normalized spacial score (nSPS) is 11.8. The lowest BCUT2D eigenvalue weighted by Crippen LogP contribution is -2.18. The second-order valence-electron chi connectivity index (χ2n) is 9.32. The first-order valence-corrected chi connectivity index (χ1v) is 13.3. The zero-order chi connectivity index (χ0) is 31.8. The van der Waals surface area contributed by atoms with Gasteiger partial charge in [-0.2, -0.15) is 5.10 Å². The third-order valence-corrected chi connectivity index (χ3v) is 6.29. The van der Waals surface area contributed by atoms with Gasteiger partial charge in [-0.05, 0) is 71.8 Å². The summed E-state index contributed by atoms with van der Waals surface area (Å²) in [7, 11) is 1.40. The van der Waals surface area contributed by atoms with E-state index in [1.165, 1.54) is 49.7 Å². The Bertz CT molecular complexity index is 1850. The second-order valence-corrected chi connectivity index (χ2v) is 9.32. The molecule has 0 unspecified atom stereocenters. The number of hydrogen-bond acceptors (Lipinski definition) is 10. The molecule has 4 aromatic rings. The first kappa shape index (κ1) is 30.0. The number of esters is 1. The minimum atomic E-state index is -0.720. The molecule has 0 spiro atoms. The van der Waals surface area contributed by atoms with Crippen molar-refractivity contribution in [2.24, 2.45) is 5.10 Å². The number of fused-ring (bicyclic) bond motifs is 1. The van der Waals surface area contributed by atoms with Crippen molar-refractivity contribution in [1.82, 2.24) is 5.43 Å². The molecule has 2 amide bonds. The number of hydrazone groups is 1. The molecule has 0 bridgehead atoms. The van der Waals surface area contributed by atoms with Gasteiger partial charge in [-0.3, -0.25) is 19.7 Å². The van der Waals surface area contributed by atoms with Crippen LogP contribution in [0.15, 0.2) is 96.1 Å². The largest absolute Gasteiger partial charge is 0.493 e. The molecule has 0 aromatic heterocycles. The third-order valence-electron chi connectivity index (χ3n) is 6.29. The zero-order valence-corrected chi connectivity index (χ0v) is 23.6. The van der Waals surface area contributed by atoms with Gasteiger partial charge in [0.15, 0.2) is 23.0 Å². The second kappa shape index (κ2) is 13.6. The molecule has 13 heteroatoms. The number of hydrogen-bond donors (Lipinski definition) is 2. The number of benzene rings is 4. The number of carbonyl (C=O) groups excluding carboxylic acids is 3. The number of rotatable bonds is 10. The van der Waals surface area contributed by atoms with Crippen LogP contribution in [0.3, 0.4) is 0 Å². The maximum Gasteiger partial charge on any atom is 0.336 e. The fraction of sp³-hybridized carbons (Fsp3) is 0.0625. The Morgan fingerprint density at radius 3 is 2.49 bits per heavy atom. The number of non-ortho nitro benzene ring substituents is 1. The molecule has 1 aliphatic rings. The van der Waals surface area contributed by atoms with Crippen LogP contribution in [0.5, 0.6) is 23.0 Å². The molecular formula is C32H24N4O9. The van der Waals surface area contributed by atoms with Crippen LogP contribution in [0, 0.1) is 10.1 Å². The molecule has 4 aromatic carbocycles. The molecule has 13 nitrogen and oxygen atoms in total. The van der Waals surface area contributed by atoms with Crippen LogP contribution in [0.4, 0.5) is 11.4 Å². The van der Waals surface area contributed by atoms with E-state index < -0.39 is 16.8 Å². The molecule has 0 aliphatic carbocycles. The predicted molar refractivity (Wildman–Crippen MR) is 163 cm³/mol. The maximum absolute atomic E-state index is 12.7. The molecule has 45 heavy (non-hydrogen) atoms. The van der Waals surface area contributed by atoms with Gasteiger partial charge >= 0.3 is 5.97 Å². The van der Waals surface area contributed by atoms with Crippen molar-refractivity contribution in [3.8, 4) is 23.0 Å². The minimum absolute atomic E-state index is 0.0975. The number of ether oxygens (including phenoxy) is 4. The first-order valence-electron chi connectivity index (χ1n) is 13.3.